The van der Waals surface area contributed by atoms with E-state index in [2.05, 4.69) is 10.3 Å². The van der Waals surface area contributed by atoms with Gasteiger partial charge in [-0.05, 0) is 54.1 Å². The van der Waals surface area contributed by atoms with Crippen molar-refractivity contribution in [1.29, 1.82) is 0 Å². The number of fused-ring (bicyclic) bond motifs is 1. The minimum Gasteiger partial charge on any atom is -0.493 e. The van der Waals surface area contributed by atoms with Crippen LogP contribution in [-0.4, -0.2) is 25.4 Å². The first-order valence-electron chi connectivity index (χ1n) is 9.45. The topological polar surface area (TPSA) is 55.7 Å². The number of benzene rings is 3. The predicted molar refractivity (Wildman–Crippen MR) is 128 cm³/mol. The number of nitrogens with zero attached hydrogens (tertiary/aromatic N) is 2. The number of anilines is 2. The van der Waals surface area contributed by atoms with Gasteiger partial charge in [0, 0.05) is 16.6 Å². The van der Waals surface area contributed by atoms with Crippen LogP contribution < -0.4 is 14.8 Å². The van der Waals surface area contributed by atoms with E-state index < -0.39 is 0 Å². The summed E-state index contributed by atoms with van der Waals surface area (Å²) in [4.78, 5) is 9.43. The molecule has 31 heavy (non-hydrogen) atoms. The summed E-state index contributed by atoms with van der Waals surface area (Å²) in [7, 11) is 3.20. The molecule has 0 radical (unpaired) electrons. The lowest BCUT2D eigenvalue weighted by atomic mass is 10.2. The zero-order chi connectivity index (χ0) is 21.8. The van der Waals surface area contributed by atoms with Crippen molar-refractivity contribution in [2.24, 2.45) is 4.99 Å². The van der Waals surface area contributed by atoms with Crippen molar-refractivity contribution in [3.63, 3.8) is 0 Å². The number of methoxy groups -OCH3 is 2. The van der Waals surface area contributed by atoms with Gasteiger partial charge < -0.3 is 14.8 Å². The van der Waals surface area contributed by atoms with E-state index >= 15 is 0 Å². The summed E-state index contributed by atoms with van der Waals surface area (Å²) >= 11 is 12.4. The highest BCUT2D eigenvalue weighted by Crippen LogP contribution is 2.34. The van der Waals surface area contributed by atoms with Crippen molar-refractivity contribution in [2.45, 2.75) is 0 Å². The van der Waals surface area contributed by atoms with Gasteiger partial charge in [0.1, 0.15) is 5.69 Å². The van der Waals surface area contributed by atoms with Crippen LogP contribution in [0.2, 0.25) is 10.0 Å². The van der Waals surface area contributed by atoms with Gasteiger partial charge in [-0.15, -0.1) is 0 Å². The fourth-order valence-electron chi connectivity index (χ4n) is 3.09. The van der Waals surface area contributed by atoms with Crippen molar-refractivity contribution in [2.75, 3.05) is 19.5 Å². The van der Waals surface area contributed by atoms with E-state index in [1.54, 1.807) is 32.6 Å². The number of nitrogens with one attached hydrogen (secondary N) is 1. The van der Waals surface area contributed by atoms with Crippen LogP contribution in [0.3, 0.4) is 0 Å². The van der Waals surface area contributed by atoms with Gasteiger partial charge in [0.05, 0.1) is 30.4 Å². The van der Waals surface area contributed by atoms with Crippen LogP contribution in [0.1, 0.15) is 5.56 Å². The smallest absolute Gasteiger partial charge is 0.161 e. The van der Waals surface area contributed by atoms with Crippen molar-refractivity contribution < 1.29 is 9.47 Å². The number of aliphatic imine (C=N–C) groups is 1. The monoisotopic (exact) mass is 451 g/mol. The van der Waals surface area contributed by atoms with E-state index in [-0.39, 0.29) is 0 Å². The molecule has 4 rings (SSSR count). The zero-order valence-electron chi connectivity index (χ0n) is 16.9. The Bertz CT molecular complexity index is 1280. The van der Waals surface area contributed by atoms with E-state index in [0.29, 0.717) is 38.7 Å². The molecule has 0 fully saturated rings. The molecule has 0 amide bonds. The summed E-state index contributed by atoms with van der Waals surface area (Å²) in [6, 6.07) is 20.7. The van der Waals surface area contributed by atoms with Crippen molar-refractivity contribution in [3.05, 3.63) is 82.3 Å². The normalized spacial score (nSPS) is 11.1. The number of hydrogen-bond acceptors (Lipinski definition) is 5. The van der Waals surface area contributed by atoms with Gasteiger partial charge in [-0.3, -0.25) is 4.99 Å². The number of aromatic nitrogens is 1. The second-order valence-electron chi connectivity index (χ2n) is 6.67. The summed E-state index contributed by atoms with van der Waals surface area (Å²) in [5.74, 6) is 1.88. The summed E-state index contributed by atoms with van der Waals surface area (Å²) < 4.78 is 10.7. The minimum absolute atomic E-state index is 0.497. The fourth-order valence-corrected chi connectivity index (χ4v) is 3.55. The predicted octanol–water partition coefficient (Wildman–Crippen LogP) is 7.05. The second-order valence-corrected chi connectivity index (χ2v) is 7.51. The molecule has 0 atom stereocenters. The maximum absolute atomic E-state index is 6.35. The van der Waals surface area contributed by atoms with Gasteiger partial charge in [0.25, 0.3) is 0 Å². The van der Waals surface area contributed by atoms with Crippen LogP contribution in [-0.2, 0) is 0 Å². The highest BCUT2D eigenvalue weighted by molar-refractivity contribution is 6.36. The molecule has 1 N–H and O–H groups in total. The molecule has 0 aliphatic rings. The first-order valence-corrected chi connectivity index (χ1v) is 10.2. The molecule has 5 nitrogen and oxygen atoms in total. The third kappa shape index (κ3) is 4.74. The van der Waals surface area contributed by atoms with Crippen molar-refractivity contribution in [3.8, 4) is 11.5 Å². The second kappa shape index (κ2) is 9.25. The first kappa shape index (κ1) is 21.0. The third-order valence-corrected chi connectivity index (χ3v) is 5.20. The Morgan fingerprint density at radius 1 is 0.903 bits per heavy atom. The highest BCUT2D eigenvalue weighted by Gasteiger charge is 2.10. The van der Waals surface area contributed by atoms with Crippen LogP contribution in [0.5, 0.6) is 11.5 Å². The minimum atomic E-state index is 0.497. The Morgan fingerprint density at radius 3 is 2.48 bits per heavy atom. The van der Waals surface area contributed by atoms with Gasteiger partial charge in [-0.2, -0.15) is 0 Å². The average molecular weight is 452 g/mol. The lowest BCUT2D eigenvalue weighted by Gasteiger charge is -2.12. The largest absolute Gasteiger partial charge is 0.493 e. The average Bonchev–Trinajstić information content (AvgIpc) is 2.79. The van der Waals surface area contributed by atoms with Crippen LogP contribution in [0, 0.1) is 0 Å². The zero-order valence-corrected chi connectivity index (χ0v) is 18.4. The van der Waals surface area contributed by atoms with E-state index in [1.165, 1.54) is 0 Å². The summed E-state index contributed by atoms with van der Waals surface area (Å²) in [6.07, 6.45) is 1.75. The van der Waals surface area contributed by atoms with Gasteiger partial charge >= 0.3 is 0 Å². The molecule has 1 aromatic heterocycles. The van der Waals surface area contributed by atoms with Gasteiger partial charge in [0.15, 0.2) is 17.3 Å². The van der Waals surface area contributed by atoms with Crippen LogP contribution in [0.4, 0.5) is 17.2 Å². The Kier molecular flexibility index (Phi) is 6.26. The first-order chi connectivity index (χ1) is 15.1. The molecule has 4 aromatic rings. The molecule has 0 saturated heterocycles. The van der Waals surface area contributed by atoms with E-state index in [0.717, 1.165) is 16.5 Å². The Morgan fingerprint density at radius 2 is 1.71 bits per heavy atom. The molecular weight excluding hydrogens is 433 g/mol. The molecule has 1 heterocycles. The van der Waals surface area contributed by atoms with Crippen LogP contribution >= 0.6 is 23.2 Å². The molecule has 0 bridgehead atoms. The SMILES string of the molecule is COc1ccc(C=Nc2cc3ccccc3nc2Nc2ccc(Cl)cc2Cl)cc1OC. The van der Waals surface area contributed by atoms with Crippen molar-refractivity contribution >= 4 is 57.5 Å². The van der Waals surface area contributed by atoms with Crippen LogP contribution in [0.15, 0.2) is 71.7 Å². The van der Waals surface area contributed by atoms with Gasteiger partial charge in [0.2, 0.25) is 0 Å². The molecule has 0 aliphatic heterocycles. The maximum Gasteiger partial charge on any atom is 0.161 e. The Hall–Kier alpha value is -3.28. The molecule has 3 aromatic carbocycles. The lowest BCUT2D eigenvalue weighted by molar-refractivity contribution is 0.355. The third-order valence-electron chi connectivity index (χ3n) is 4.65. The molecule has 0 aliphatic carbocycles. The molecular formula is C24H19Cl2N3O2. The standard InChI is InChI=1S/C24H19Cl2N3O2/c1-30-22-10-7-15(11-23(22)31-2)14-27-21-12-16-5-3-4-6-19(16)28-24(21)29-20-9-8-17(25)13-18(20)26/h3-14H,1-2H3,(H,28,29). The van der Waals surface area contributed by atoms with E-state index in [1.807, 2.05) is 54.6 Å². The molecule has 7 heteroatoms. The van der Waals surface area contributed by atoms with E-state index in [4.69, 9.17) is 37.7 Å². The van der Waals surface area contributed by atoms with Gasteiger partial charge in [-0.1, -0.05) is 41.4 Å². The molecule has 0 unspecified atom stereocenters. The molecule has 0 saturated carbocycles. The number of ether oxygens (including phenoxy) is 2. The summed E-state index contributed by atoms with van der Waals surface area (Å²) in [5, 5.41) is 5.32. The Labute approximate surface area is 190 Å². The summed E-state index contributed by atoms with van der Waals surface area (Å²) in [5.41, 5.74) is 3.07. The number of halogens is 2. The van der Waals surface area contributed by atoms with Crippen LogP contribution in [0.25, 0.3) is 10.9 Å². The number of pyridine rings is 1. The maximum atomic E-state index is 6.35. The summed E-state index contributed by atoms with van der Waals surface area (Å²) in [6.45, 7) is 0. The number of rotatable bonds is 6. The number of hydrogen-bond donors (Lipinski definition) is 1. The van der Waals surface area contributed by atoms with Crippen molar-refractivity contribution in [1.82, 2.24) is 4.98 Å². The number of para-hydroxylation sites is 1. The van der Waals surface area contributed by atoms with Gasteiger partial charge in [-0.25, -0.2) is 4.98 Å². The lowest BCUT2D eigenvalue weighted by Crippen LogP contribution is -1.96. The van der Waals surface area contributed by atoms with E-state index in [9.17, 15) is 0 Å². The fraction of sp³-hybridized carbons (Fsp3) is 0.0833. The molecule has 0 spiro atoms. The Balaban J connectivity index is 1.75. The molecule has 156 valence electrons. The highest BCUT2D eigenvalue weighted by atomic mass is 35.5. The quantitative estimate of drug-likeness (QED) is 0.319.